The Kier molecular flexibility index (Phi) is 7.05. The fraction of sp³-hybridized carbons (Fsp3) is 0.304. The molecule has 3 aromatic heterocycles. The van der Waals surface area contributed by atoms with Crippen molar-refractivity contribution < 1.29 is 28.9 Å². The van der Waals surface area contributed by atoms with Gasteiger partial charge in [-0.05, 0) is 31.6 Å². The summed E-state index contributed by atoms with van der Waals surface area (Å²) in [5, 5.41) is 22.5. The molecule has 2 atom stereocenters. The van der Waals surface area contributed by atoms with Gasteiger partial charge in [0.1, 0.15) is 29.4 Å². The predicted molar refractivity (Wildman–Crippen MR) is 140 cm³/mol. The summed E-state index contributed by atoms with van der Waals surface area (Å²) >= 11 is 2.19. The molecule has 0 aliphatic carbocycles. The van der Waals surface area contributed by atoms with Crippen LogP contribution in [0.15, 0.2) is 47.0 Å². The van der Waals surface area contributed by atoms with Gasteiger partial charge in [-0.1, -0.05) is 16.3 Å². The molecule has 3 N–H and O–H groups in total. The number of aromatic nitrogens is 5. The molecule has 2 amide bonds. The van der Waals surface area contributed by atoms with E-state index in [9.17, 15) is 19.5 Å². The van der Waals surface area contributed by atoms with Gasteiger partial charge in [-0.25, -0.2) is 4.57 Å². The number of fused-ring (bicyclic) bond motifs is 2. The third-order valence-corrected chi connectivity index (χ3v) is 7.66. The molecule has 5 rings (SSSR count). The van der Waals surface area contributed by atoms with Gasteiger partial charge in [0.25, 0.3) is 11.8 Å². The number of imidazole rings is 1. The Labute approximate surface area is 230 Å². The second-order valence-electron chi connectivity index (χ2n) is 8.88. The number of amides is 2. The van der Waals surface area contributed by atoms with E-state index in [1.807, 2.05) is 23.9 Å². The van der Waals surface area contributed by atoms with E-state index in [0.717, 1.165) is 22.1 Å². The SMILES string of the molecule is CC(C)O/N=C(\C(=O)N[C@@H]1C(=O)N2C(C(=O)[O-])=C(/C=C\c3ccc4n(cc[n+]4C)n3)CS[C@H]12)c1nsc(N)n1. The molecule has 14 nitrogen and oxygen atoms in total. The van der Waals surface area contributed by atoms with E-state index in [1.165, 1.54) is 11.8 Å². The number of carboxylic acid groups (broad SMARTS) is 1. The number of β-lactam (4-membered cyclic amide) rings is 1. The minimum absolute atomic E-state index is 0.0428. The van der Waals surface area contributed by atoms with Crippen LogP contribution in [0, 0.1) is 0 Å². The van der Waals surface area contributed by atoms with Crippen LogP contribution >= 0.6 is 23.3 Å². The van der Waals surface area contributed by atoms with Crippen molar-refractivity contribution in [2.75, 3.05) is 11.5 Å². The van der Waals surface area contributed by atoms with E-state index >= 15 is 0 Å². The van der Waals surface area contributed by atoms with Gasteiger partial charge in [-0.2, -0.15) is 9.36 Å². The highest BCUT2D eigenvalue weighted by Crippen LogP contribution is 2.40. The third-order valence-electron chi connectivity index (χ3n) is 5.81. The maximum Gasteiger partial charge on any atom is 0.306 e. The van der Waals surface area contributed by atoms with Crippen LogP contribution in [-0.4, -0.2) is 70.6 Å². The molecule has 0 bridgehead atoms. The first kappa shape index (κ1) is 26.3. The van der Waals surface area contributed by atoms with E-state index in [2.05, 4.69) is 24.9 Å². The largest absolute Gasteiger partial charge is 0.543 e. The number of carbonyl (C=O) groups is 3. The zero-order chi connectivity index (χ0) is 27.8. The number of nitrogens with two attached hydrogens (primary N) is 1. The van der Waals surface area contributed by atoms with Crippen molar-refractivity contribution in [3.8, 4) is 0 Å². The number of carboxylic acids is 1. The molecule has 0 unspecified atom stereocenters. The predicted octanol–water partition coefficient (Wildman–Crippen LogP) is -1.16. The Hall–Kier alpha value is -4.31. The molecule has 16 heteroatoms. The van der Waals surface area contributed by atoms with Crippen molar-refractivity contribution in [2.24, 2.45) is 12.2 Å². The summed E-state index contributed by atoms with van der Waals surface area (Å²) in [6.07, 6.45) is 6.62. The molecule has 5 heterocycles. The van der Waals surface area contributed by atoms with Gasteiger partial charge in [0.2, 0.25) is 11.5 Å². The lowest BCUT2D eigenvalue weighted by molar-refractivity contribution is -0.644. The molecule has 0 radical (unpaired) electrons. The Balaban J connectivity index is 1.35. The summed E-state index contributed by atoms with van der Waals surface area (Å²) in [5.41, 5.74) is 7.02. The van der Waals surface area contributed by atoms with Gasteiger partial charge < -0.3 is 25.8 Å². The molecule has 202 valence electrons. The number of aliphatic carboxylic acids is 1. The van der Waals surface area contributed by atoms with E-state index in [4.69, 9.17) is 10.6 Å². The van der Waals surface area contributed by atoms with Crippen molar-refractivity contribution in [1.29, 1.82) is 0 Å². The number of nitrogens with one attached hydrogen (secondary N) is 1. The number of allylic oxidation sites excluding steroid dienone is 1. The van der Waals surface area contributed by atoms with Crippen LogP contribution in [0.5, 0.6) is 0 Å². The van der Waals surface area contributed by atoms with Gasteiger partial charge in [0, 0.05) is 23.4 Å². The topological polar surface area (TPSA) is 184 Å². The number of carbonyl (C=O) groups excluding carboxylic acids is 3. The monoisotopic (exact) mass is 569 g/mol. The molecule has 0 aromatic carbocycles. The van der Waals surface area contributed by atoms with Crippen molar-refractivity contribution in [2.45, 2.75) is 31.4 Å². The van der Waals surface area contributed by atoms with Crippen LogP contribution in [0.1, 0.15) is 25.4 Å². The second-order valence-corrected chi connectivity index (χ2v) is 10.8. The maximum atomic E-state index is 13.1. The highest BCUT2D eigenvalue weighted by atomic mass is 32.2. The van der Waals surface area contributed by atoms with E-state index < -0.39 is 29.2 Å². The summed E-state index contributed by atoms with van der Waals surface area (Å²) in [6, 6.07) is 2.69. The second kappa shape index (κ2) is 10.5. The smallest absolute Gasteiger partial charge is 0.306 e. The normalized spacial score (nSPS) is 19.5. The molecule has 3 aromatic rings. The molecule has 2 aliphatic heterocycles. The van der Waals surface area contributed by atoms with Crippen molar-refractivity contribution in [3.05, 3.63) is 53.4 Å². The number of nitrogen functional groups attached to an aromatic ring is 1. The Morgan fingerprint density at radius 3 is 2.85 bits per heavy atom. The molecule has 2 aliphatic rings. The molecular formula is C23H23N9O5S2. The number of nitrogens with zero attached hydrogens (tertiary/aromatic N) is 7. The van der Waals surface area contributed by atoms with E-state index in [0.29, 0.717) is 11.3 Å². The van der Waals surface area contributed by atoms with Crippen molar-refractivity contribution >= 4 is 63.6 Å². The number of thioether (sulfide) groups is 1. The number of aryl methyl sites for hydroxylation is 1. The molecule has 0 saturated carbocycles. The first-order chi connectivity index (χ1) is 18.6. The number of oxime groups is 1. The Bertz CT molecular complexity index is 1570. The van der Waals surface area contributed by atoms with Crippen LogP contribution < -0.4 is 20.7 Å². The first-order valence-corrected chi connectivity index (χ1v) is 13.5. The fourth-order valence-corrected chi connectivity index (χ4v) is 5.74. The van der Waals surface area contributed by atoms with E-state index in [1.54, 1.807) is 42.8 Å². The summed E-state index contributed by atoms with van der Waals surface area (Å²) in [7, 11) is 1.90. The molecular weight excluding hydrogens is 546 g/mol. The van der Waals surface area contributed by atoms with E-state index in [-0.39, 0.29) is 34.2 Å². The van der Waals surface area contributed by atoms with Gasteiger partial charge in [0.05, 0.1) is 18.7 Å². The van der Waals surface area contributed by atoms with Crippen LogP contribution in [-0.2, 0) is 26.3 Å². The van der Waals surface area contributed by atoms with Crippen LogP contribution in [0.3, 0.4) is 0 Å². The average molecular weight is 570 g/mol. The molecule has 1 saturated heterocycles. The quantitative estimate of drug-likeness (QED) is 0.145. The number of hydrogen-bond donors (Lipinski definition) is 2. The number of rotatable bonds is 8. The van der Waals surface area contributed by atoms with Gasteiger partial charge in [-0.15, -0.1) is 16.3 Å². The summed E-state index contributed by atoms with van der Waals surface area (Å²) in [6.45, 7) is 3.45. The lowest BCUT2D eigenvalue weighted by Gasteiger charge is -2.50. The Morgan fingerprint density at radius 2 is 2.15 bits per heavy atom. The van der Waals surface area contributed by atoms with Crippen molar-refractivity contribution in [1.82, 2.24) is 29.2 Å². The fourth-order valence-electron chi connectivity index (χ4n) is 3.99. The standard InChI is InChI=1S/C23H23N9O5S2/c1-11(2)37-28-15(18-26-23(24)39-29-18)19(33)25-16-20(34)32-17(22(35)36)12(10-38-21(16)32)4-5-13-6-7-14-30(3)8-9-31(14)27-13/h4-9,11,16,21H,10H2,1-3H3,(H3-,24,25,26,29,33,35,36)/b5-4-,28-15-/t16-,21-/m1/s1. The zero-order valence-electron chi connectivity index (χ0n) is 21.0. The lowest BCUT2D eigenvalue weighted by Crippen LogP contribution is -2.71. The Morgan fingerprint density at radius 1 is 1.36 bits per heavy atom. The van der Waals surface area contributed by atoms with Crippen LogP contribution in [0.4, 0.5) is 5.13 Å². The van der Waals surface area contributed by atoms with Crippen molar-refractivity contribution in [3.63, 3.8) is 0 Å². The first-order valence-electron chi connectivity index (χ1n) is 11.7. The van der Waals surface area contributed by atoms with Crippen LogP contribution in [0.2, 0.25) is 0 Å². The van der Waals surface area contributed by atoms with Gasteiger partial charge >= 0.3 is 5.65 Å². The molecule has 1 fully saturated rings. The maximum absolute atomic E-state index is 13.1. The van der Waals surface area contributed by atoms with Gasteiger partial charge in [-0.3, -0.25) is 14.5 Å². The van der Waals surface area contributed by atoms with Crippen LogP contribution in [0.25, 0.3) is 11.7 Å². The molecule has 0 spiro atoms. The summed E-state index contributed by atoms with van der Waals surface area (Å²) < 4.78 is 7.61. The number of anilines is 1. The minimum atomic E-state index is -1.49. The highest BCUT2D eigenvalue weighted by Gasteiger charge is 2.53. The summed E-state index contributed by atoms with van der Waals surface area (Å²) in [5.74, 6) is -2.62. The molecule has 39 heavy (non-hydrogen) atoms. The lowest BCUT2D eigenvalue weighted by atomic mass is 10.0. The number of hydrogen-bond acceptors (Lipinski definition) is 12. The third kappa shape index (κ3) is 5.07. The summed E-state index contributed by atoms with van der Waals surface area (Å²) in [4.78, 5) is 48.5. The zero-order valence-corrected chi connectivity index (χ0v) is 22.6. The minimum Gasteiger partial charge on any atom is -0.543 e. The van der Waals surface area contributed by atoms with Gasteiger partial charge in [0.15, 0.2) is 11.3 Å². The highest BCUT2D eigenvalue weighted by molar-refractivity contribution is 8.00. The average Bonchev–Trinajstić information content (AvgIpc) is 3.50.